The van der Waals surface area contributed by atoms with Gasteiger partial charge in [-0.25, -0.2) is 0 Å². The smallest absolute Gasteiger partial charge is 0.240 e. The number of piperidine rings is 1. The van der Waals surface area contributed by atoms with Gasteiger partial charge >= 0.3 is 0 Å². The molecule has 1 fully saturated rings. The normalized spacial score (nSPS) is 16.9. The van der Waals surface area contributed by atoms with E-state index in [1.807, 2.05) is 49.1 Å². The van der Waals surface area contributed by atoms with Gasteiger partial charge in [0.1, 0.15) is 0 Å². The lowest BCUT2D eigenvalue weighted by Crippen LogP contribution is -2.51. The summed E-state index contributed by atoms with van der Waals surface area (Å²) in [5.74, 6) is 0.438. The van der Waals surface area contributed by atoms with E-state index in [0.717, 1.165) is 25.9 Å². The minimum atomic E-state index is -0.177. The SMILES string of the molecule is C=CCN(Cc1cccs1)C(=O)C(C)N1CCC(C(=O)N(C)C(C)C)CC1. The van der Waals surface area contributed by atoms with E-state index in [1.54, 1.807) is 17.4 Å². The molecule has 1 atom stereocenters. The van der Waals surface area contributed by atoms with Crippen LogP contribution in [-0.4, -0.2) is 65.3 Å². The minimum absolute atomic E-state index is 0.0753. The molecule has 0 aliphatic carbocycles. The predicted molar refractivity (Wildman–Crippen MR) is 112 cm³/mol. The van der Waals surface area contributed by atoms with Gasteiger partial charge in [0.2, 0.25) is 11.8 Å². The van der Waals surface area contributed by atoms with Crippen LogP contribution in [0.3, 0.4) is 0 Å². The van der Waals surface area contributed by atoms with E-state index >= 15 is 0 Å². The molecule has 1 aromatic rings. The highest BCUT2D eigenvalue weighted by Crippen LogP contribution is 2.23. The van der Waals surface area contributed by atoms with E-state index in [1.165, 1.54) is 4.88 Å². The average molecular weight is 392 g/mol. The Kier molecular flexibility index (Phi) is 8.05. The summed E-state index contributed by atoms with van der Waals surface area (Å²) in [6.07, 6.45) is 3.42. The van der Waals surface area contributed by atoms with Crippen molar-refractivity contribution in [3.8, 4) is 0 Å². The molecule has 2 rings (SSSR count). The summed E-state index contributed by atoms with van der Waals surface area (Å²) in [6.45, 7) is 12.6. The molecule has 1 aliphatic heterocycles. The van der Waals surface area contributed by atoms with E-state index < -0.39 is 0 Å². The van der Waals surface area contributed by atoms with Gasteiger partial charge < -0.3 is 9.80 Å². The number of nitrogens with zero attached hydrogens (tertiary/aromatic N) is 3. The molecule has 0 aromatic carbocycles. The number of hydrogen-bond acceptors (Lipinski definition) is 4. The minimum Gasteiger partial charge on any atom is -0.343 e. The number of rotatable bonds is 8. The van der Waals surface area contributed by atoms with Gasteiger partial charge in [-0.2, -0.15) is 0 Å². The fraction of sp³-hybridized carbons (Fsp3) is 0.619. The first-order chi connectivity index (χ1) is 12.8. The molecule has 0 spiro atoms. The lowest BCUT2D eigenvalue weighted by molar-refractivity contribution is -0.139. The van der Waals surface area contributed by atoms with Crippen LogP contribution in [-0.2, 0) is 16.1 Å². The first-order valence-electron chi connectivity index (χ1n) is 9.78. The predicted octanol–water partition coefficient (Wildman–Crippen LogP) is 3.23. The van der Waals surface area contributed by atoms with Crippen LogP contribution >= 0.6 is 11.3 Å². The molecule has 5 nitrogen and oxygen atoms in total. The Labute approximate surface area is 167 Å². The zero-order valence-electron chi connectivity index (χ0n) is 17.1. The van der Waals surface area contributed by atoms with E-state index in [9.17, 15) is 9.59 Å². The molecule has 1 saturated heterocycles. The fourth-order valence-corrected chi connectivity index (χ4v) is 4.19. The number of amides is 2. The third-order valence-corrected chi connectivity index (χ3v) is 6.36. The summed E-state index contributed by atoms with van der Waals surface area (Å²) < 4.78 is 0. The Morgan fingerprint density at radius 1 is 1.33 bits per heavy atom. The molecular formula is C21H33N3O2S. The molecule has 0 radical (unpaired) electrons. The molecule has 27 heavy (non-hydrogen) atoms. The van der Waals surface area contributed by atoms with Gasteiger partial charge in [0.15, 0.2) is 0 Å². The van der Waals surface area contributed by atoms with Gasteiger partial charge in [0.05, 0.1) is 12.6 Å². The summed E-state index contributed by atoms with van der Waals surface area (Å²) in [4.78, 5) is 32.7. The van der Waals surface area contributed by atoms with Gasteiger partial charge in [0.25, 0.3) is 0 Å². The molecule has 0 N–H and O–H groups in total. The van der Waals surface area contributed by atoms with Gasteiger partial charge in [-0.1, -0.05) is 12.1 Å². The first-order valence-corrected chi connectivity index (χ1v) is 10.7. The highest BCUT2D eigenvalue weighted by Gasteiger charge is 2.32. The second-order valence-electron chi connectivity index (χ2n) is 7.62. The van der Waals surface area contributed by atoms with E-state index in [2.05, 4.69) is 17.5 Å². The molecule has 150 valence electrons. The fourth-order valence-electron chi connectivity index (χ4n) is 3.48. The number of carbonyl (C=O) groups is 2. The van der Waals surface area contributed by atoms with E-state index in [-0.39, 0.29) is 29.8 Å². The van der Waals surface area contributed by atoms with Gasteiger partial charge in [-0.3, -0.25) is 14.5 Å². The monoisotopic (exact) mass is 391 g/mol. The lowest BCUT2D eigenvalue weighted by Gasteiger charge is -2.38. The van der Waals surface area contributed by atoms with Crippen molar-refractivity contribution in [2.75, 3.05) is 26.7 Å². The van der Waals surface area contributed by atoms with Gasteiger partial charge in [-0.05, 0) is 58.1 Å². The van der Waals surface area contributed by atoms with Gasteiger partial charge in [-0.15, -0.1) is 17.9 Å². The van der Waals surface area contributed by atoms with Crippen LogP contribution in [0.5, 0.6) is 0 Å². The van der Waals surface area contributed by atoms with Crippen molar-refractivity contribution < 1.29 is 9.59 Å². The van der Waals surface area contributed by atoms with Crippen LogP contribution in [0.25, 0.3) is 0 Å². The van der Waals surface area contributed by atoms with Crippen molar-refractivity contribution in [2.45, 2.75) is 52.2 Å². The molecule has 6 heteroatoms. The Hall–Kier alpha value is -1.66. The summed E-state index contributed by atoms with van der Waals surface area (Å²) in [6, 6.07) is 4.11. The summed E-state index contributed by atoms with van der Waals surface area (Å²) >= 11 is 1.67. The van der Waals surface area contributed by atoms with Gasteiger partial charge in [0, 0.05) is 30.4 Å². The lowest BCUT2D eigenvalue weighted by atomic mass is 9.94. The molecular weight excluding hydrogens is 358 g/mol. The van der Waals surface area contributed by atoms with Crippen molar-refractivity contribution in [1.29, 1.82) is 0 Å². The van der Waals surface area contributed by atoms with Crippen LogP contribution in [0.15, 0.2) is 30.2 Å². The quantitative estimate of drug-likeness (QED) is 0.639. The maximum Gasteiger partial charge on any atom is 0.240 e. The maximum atomic E-state index is 13.0. The molecule has 1 aliphatic rings. The van der Waals surface area contributed by atoms with E-state index in [0.29, 0.717) is 13.1 Å². The van der Waals surface area contributed by atoms with Crippen molar-refractivity contribution in [3.63, 3.8) is 0 Å². The third-order valence-electron chi connectivity index (χ3n) is 5.49. The first kappa shape index (κ1) is 21.6. The molecule has 0 bridgehead atoms. The van der Waals surface area contributed by atoms with Crippen molar-refractivity contribution >= 4 is 23.2 Å². The topological polar surface area (TPSA) is 43.9 Å². The maximum absolute atomic E-state index is 13.0. The van der Waals surface area contributed by atoms with Crippen LogP contribution in [0.1, 0.15) is 38.5 Å². The zero-order chi connectivity index (χ0) is 20.0. The average Bonchev–Trinajstić information content (AvgIpc) is 3.18. The standard InChI is InChI=1S/C21H33N3O2S/c1-6-11-24(15-19-8-7-14-27-19)20(25)17(4)23-12-9-18(10-13-23)21(26)22(5)16(2)3/h6-8,14,16-18H,1,9-13,15H2,2-5H3. The van der Waals surface area contributed by atoms with Crippen molar-refractivity contribution in [3.05, 3.63) is 35.0 Å². The highest BCUT2D eigenvalue weighted by atomic mass is 32.1. The van der Waals surface area contributed by atoms with E-state index in [4.69, 9.17) is 0 Å². The third kappa shape index (κ3) is 5.66. The van der Waals surface area contributed by atoms with Crippen LogP contribution in [0.2, 0.25) is 0 Å². The number of thiophene rings is 1. The highest BCUT2D eigenvalue weighted by molar-refractivity contribution is 7.09. The Bertz CT molecular complexity index is 621. The molecule has 2 heterocycles. The Balaban J connectivity index is 1.93. The second-order valence-corrected chi connectivity index (χ2v) is 8.65. The van der Waals surface area contributed by atoms with Crippen LogP contribution < -0.4 is 0 Å². The van der Waals surface area contributed by atoms with Crippen LogP contribution in [0, 0.1) is 5.92 Å². The Morgan fingerprint density at radius 3 is 2.52 bits per heavy atom. The molecule has 1 aromatic heterocycles. The Morgan fingerprint density at radius 2 is 2.00 bits per heavy atom. The summed E-state index contributed by atoms with van der Waals surface area (Å²) in [7, 11) is 1.88. The number of likely N-dealkylation sites (tertiary alicyclic amines) is 1. The molecule has 1 unspecified atom stereocenters. The molecule has 0 saturated carbocycles. The summed E-state index contributed by atoms with van der Waals surface area (Å²) in [5.41, 5.74) is 0. The number of carbonyl (C=O) groups excluding carboxylic acids is 2. The largest absolute Gasteiger partial charge is 0.343 e. The van der Waals surface area contributed by atoms with Crippen molar-refractivity contribution in [2.24, 2.45) is 5.92 Å². The second kappa shape index (κ2) is 10.0. The zero-order valence-corrected chi connectivity index (χ0v) is 17.9. The molecule has 2 amide bonds. The van der Waals surface area contributed by atoms with Crippen molar-refractivity contribution in [1.82, 2.24) is 14.7 Å². The van der Waals surface area contributed by atoms with Crippen LogP contribution in [0.4, 0.5) is 0 Å². The number of hydrogen-bond donors (Lipinski definition) is 0. The summed E-state index contributed by atoms with van der Waals surface area (Å²) in [5, 5.41) is 2.03.